The monoisotopic (exact) mass is 278 g/mol. The van der Waals surface area contributed by atoms with Crippen LogP contribution in [0.15, 0.2) is 0 Å². The first-order valence-electron chi connectivity index (χ1n) is 6.04. The molecule has 0 bridgehead atoms. The number of unbranched alkanes of at least 4 members (excludes halogenated alkanes) is 6. The zero-order valence-corrected chi connectivity index (χ0v) is 10.0. The van der Waals surface area contributed by atoms with Gasteiger partial charge < -0.3 is 9.84 Å². The molecule has 0 unspecified atom stereocenters. The molecule has 98 valence electrons. The normalized spacial score (nSPS) is 8.94. The predicted octanol–water partition coefficient (Wildman–Crippen LogP) is 1.46. The van der Waals surface area contributed by atoms with Crippen LogP contribution in [0.5, 0.6) is 0 Å². The summed E-state index contributed by atoms with van der Waals surface area (Å²) in [6.07, 6.45) is 7.54. The molecule has 18 heavy (non-hydrogen) atoms. The molecule has 0 aromatic rings. The van der Waals surface area contributed by atoms with Crippen molar-refractivity contribution in [3.63, 3.8) is 0 Å². The Morgan fingerprint density at radius 3 is 2.00 bits per heavy atom. The molecule has 0 aliphatic heterocycles. The van der Waals surface area contributed by atoms with Gasteiger partial charge in [0.2, 0.25) is 0 Å². The predicted molar refractivity (Wildman–Crippen MR) is 75.5 cm³/mol. The molecule has 0 aliphatic carbocycles. The van der Waals surface area contributed by atoms with Gasteiger partial charge in [0.1, 0.15) is 6.42 Å². The molecule has 0 atom stereocenters. The molecule has 4 nitrogen and oxygen atoms in total. The first-order chi connectivity index (χ1) is 7.66. The van der Waals surface area contributed by atoms with E-state index in [-0.39, 0.29) is 70.2 Å². The van der Waals surface area contributed by atoms with Crippen LogP contribution >= 0.6 is 0 Å². The van der Waals surface area contributed by atoms with Gasteiger partial charge in [0.25, 0.3) is 0 Å². The van der Waals surface area contributed by atoms with Crippen LogP contribution in [0.25, 0.3) is 0 Å². The van der Waals surface area contributed by atoms with Gasteiger partial charge in [-0.1, -0.05) is 45.4 Å². The van der Waals surface area contributed by atoms with Crippen LogP contribution in [0.2, 0.25) is 0 Å². The number of carbonyl (C=O) groups is 2. The third kappa shape index (κ3) is 19.5. The Morgan fingerprint density at radius 1 is 1.00 bits per heavy atom. The summed E-state index contributed by atoms with van der Waals surface area (Å²) >= 11 is 0. The second-order valence-electron chi connectivity index (χ2n) is 3.91. The molecule has 0 saturated carbocycles. The average Bonchev–Trinajstić information content (AvgIpc) is 2.21. The Kier molecular flexibility index (Phi) is 24.4. The molecule has 0 aromatic carbocycles. The molecular weight excluding hydrogens is 254 g/mol. The van der Waals surface area contributed by atoms with Crippen molar-refractivity contribution in [2.75, 3.05) is 6.61 Å². The molecule has 0 heterocycles. The van der Waals surface area contributed by atoms with Gasteiger partial charge in [-0.2, -0.15) is 0 Å². The van der Waals surface area contributed by atoms with E-state index in [9.17, 15) is 9.59 Å². The molecule has 0 radical (unpaired) electrons. The van der Waals surface area contributed by atoms with E-state index in [2.05, 4.69) is 6.92 Å². The number of hydrogen-bond donors (Lipinski definition) is 1. The third-order valence-corrected chi connectivity index (χ3v) is 2.31. The Labute approximate surface area is 164 Å². The third-order valence-electron chi connectivity index (χ3n) is 2.31. The fourth-order valence-corrected chi connectivity index (χ4v) is 1.42. The molecule has 0 aromatic heterocycles. The number of rotatable bonds is 10. The average molecular weight is 278 g/mol. The number of ether oxygens (including phenoxy) is 1. The van der Waals surface area contributed by atoms with E-state index < -0.39 is 18.4 Å². The van der Waals surface area contributed by atoms with E-state index in [4.69, 9.17) is 9.84 Å². The summed E-state index contributed by atoms with van der Waals surface area (Å²) in [4.78, 5) is 21.0. The first-order valence-corrected chi connectivity index (χ1v) is 6.04. The van der Waals surface area contributed by atoms with Crippen molar-refractivity contribution in [1.82, 2.24) is 0 Å². The molecule has 0 fully saturated rings. The van der Waals surface area contributed by atoms with Crippen LogP contribution in [0.1, 0.15) is 58.3 Å². The second kappa shape index (κ2) is 18.2. The summed E-state index contributed by atoms with van der Waals surface area (Å²) in [5, 5.41) is 8.31. The summed E-state index contributed by atoms with van der Waals surface area (Å²) in [6.45, 7) is 2.53. The Balaban J connectivity index is -0.00000112. The topological polar surface area (TPSA) is 63.6 Å². The molecule has 6 heteroatoms. The number of carbonyl (C=O) groups excluding carboxylic acids is 1. The van der Waals surface area contributed by atoms with Crippen LogP contribution in [0.4, 0.5) is 0 Å². The van der Waals surface area contributed by atoms with Crippen molar-refractivity contribution in [2.24, 2.45) is 0 Å². The molecule has 0 saturated heterocycles. The fraction of sp³-hybridized carbons (Fsp3) is 0.833. The van der Waals surface area contributed by atoms with Crippen molar-refractivity contribution in [3.05, 3.63) is 0 Å². The van der Waals surface area contributed by atoms with E-state index >= 15 is 0 Å². The fourth-order valence-electron chi connectivity index (χ4n) is 1.42. The quantitative estimate of drug-likeness (QED) is 0.284. The maximum absolute atomic E-state index is 10.8. The number of hydrogen-bond acceptors (Lipinski definition) is 3. The minimum atomic E-state index is -1.13. The Hall–Kier alpha value is 1.17. The molecule has 0 amide bonds. The van der Waals surface area contributed by atoms with Crippen molar-refractivity contribution in [3.8, 4) is 0 Å². The van der Waals surface area contributed by atoms with Gasteiger partial charge in [0.15, 0.2) is 0 Å². The summed E-state index contributed by atoms with van der Waals surface area (Å²) in [6, 6.07) is 0. The SMILES string of the molecule is CCCCCCCCCOC(=O)CC(=O)O.[KH].[LiH]. The summed E-state index contributed by atoms with van der Waals surface area (Å²) < 4.78 is 4.76. The van der Waals surface area contributed by atoms with Gasteiger partial charge in [-0.3, -0.25) is 9.59 Å². The van der Waals surface area contributed by atoms with Gasteiger partial charge in [0, 0.05) is 0 Å². The van der Waals surface area contributed by atoms with Gasteiger partial charge in [-0.15, -0.1) is 0 Å². The maximum atomic E-state index is 10.8. The van der Waals surface area contributed by atoms with Crippen molar-refractivity contribution >= 4 is 82.2 Å². The number of carboxylic acid groups (broad SMARTS) is 1. The van der Waals surface area contributed by atoms with Crippen LogP contribution in [-0.4, -0.2) is 93.9 Å². The van der Waals surface area contributed by atoms with Crippen LogP contribution < -0.4 is 0 Å². The van der Waals surface area contributed by atoms with E-state index in [1.165, 1.54) is 25.7 Å². The molecule has 0 aliphatic rings. The minimum absolute atomic E-state index is 0. The Morgan fingerprint density at radius 2 is 1.50 bits per heavy atom. The van der Waals surface area contributed by atoms with Crippen molar-refractivity contribution < 1.29 is 19.4 Å². The van der Waals surface area contributed by atoms with Gasteiger partial charge >= 0.3 is 82.2 Å². The molecule has 0 rings (SSSR count). The van der Waals surface area contributed by atoms with Gasteiger partial charge in [-0.05, 0) is 6.42 Å². The van der Waals surface area contributed by atoms with Crippen molar-refractivity contribution in [1.29, 1.82) is 0 Å². The Bertz CT molecular complexity index is 212. The summed E-state index contributed by atoms with van der Waals surface area (Å²) in [5.41, 5.74) is 0. The number of carboxylic acids is 1. The van der Waals surface area contributed by atoms with E-state index in [0.29, 0.717) is 6.61 Å². The summed E-state index contributed by atoms with van der Waals surface area (Å²) in [5.74, 6) is -1.77. The zero-order valence-electron chi connectivity index (χ0n) is 10.0. The zero-order chi connectivity index (χ0) is 12.2. The second-order valence-corrected chi connectivity index (χ2v) is 3.91. The van der Waals surface area contributed by atoms with Gasteiger partial charge in [0.05, 0.1) is 6.61 Å². The summed E-state index contributed by atoms with van der Waals surface area (Å²) in [7, 11) is 0. The van der Waals surface area contributed by atoms with Crippen LogP contribution in [0, 0.1) is 0 Å². The van der Waals surface area contributed by atoms with E-state index in [1.807, 2.05) is 0 Å². The molecular formula is C12H24KLiO4. The number of esters is 1. The van der Waals surface area contributed by atoms with Crippen molar-refractivity contribution in [2.45, 2.75) is 58.3 Å². The van der Waals surface area contributed by atoms with E-state index in [0.717, 1.165) is 19.3 Å². The van der Waals surface area contributed by atoms with Crippen LogP contribution in [-0.2, 0) is 14.3 Å². The molecule has 1 N–H and O–H groups in total. The van der Waals surface area contributed by atoms with Crippen LogP contribution in [0.3, 0.4) is 0 Å². The molecule has 0 spiro atoms. The standard InChI is InChI=1S/C12H22O4.K.Li.2H/c1-2-3-4-5-6-7-8-9-16-12(15)10-11(13)14;;;;/h2-10H2,1H3,(H,13,14);;;;. The van der Waals surface area contributed by atoms with E-state index in [1.54, 1.807) is 0 Å². The number of aliphatic carboxylic acids is 1. The van der Waals surface area contributed by atoms with Gasteiger partial charge in [-0.25, -0.2) is 0 Å². The first kappa shape index (κ1) is 24.2.